The molecule has 3 aromatic heterocycles. The third-order valence-electron chi connectivity index (χ3n) is 2.14. The molecule has 0 aliphatic heterocycles. The van der Waals surface area contributed by atoms with Gasteiger partial charge in [0.1, 0.15) is 11.4 Å². The predicted molar refractivity (Wildman–Crippen MR) is 54.7 cm³/mol. The van der Waals surface area contributed by atoms with Gasteiger partial charge in [-0.15, -0.1) is 10.2 Å². The molecule has 82 valence electrons. The lowest BCUT2D eigenvalue weighted by Crippen LogP contribution is -2.30. The lowest BCUT2D eigenvalue weighted by atomic mass is 10.3. The van der Waals surface area contributed by atoms with Gasteiger partial charge in [-0.1, -0.05) is 9.97 Å². The molecule has 3 rings (SSSR count). The highest BCUT2D eigenvalue weighted by Crippen LogP contribution is 2.12. The molecule has 0 saturated heterocycles. The fourth-order valence-electron chi connectivity index (χ4n) is 1.35. The zero-order valence-corrected chi connectivity index (χ0v) is 8.63. The van der Waals surface area contributed by atoms with E-state index in [2.05, 4.69) is 25.1 Å². The summed E-state index contributed by atoms with van der Waals surface area (Å²) in [5.74, 6) is 0.394. The van der Waals surface area contributed by atoms with Crippen LogP contribution in [0.4, 0.5) is 0 Å². The highest BCUT2D eigenvalue weighted by molar-refractivity contribution is 5.46. The quantitative estimate of drug-likeness (QED) is 0.581. The van der Waals surface area contributed by atoms with Crippen LogP contribution in [0.25, 0.3) is 17.3 Å². The maximum Gasteiger partial charge on any atom is 0.266 e. The second kappa shape index (κ2) is 4.05. The minimum absolute atomic E-state index is 0.394. The van der Waals surface area contributed by atoms with E-state index in [0.717, 1.165) is 5.69 Å². The molecule has 0 N–H and O–H groups in total. The van der Waals surface area contributed by atoms with Crippen LogP contribution in [0, 0.1) is 0 Å². The molecule has 0 bridgehead atoms. The van der Waals surface area contributed by atoms with Crippen molar-refractivity contribution in [2.24, 2.45) is 0 Å². The van der Waals surface area contributed by atoms with Crippen molar-refractivity contribution in [1.29, 1.82) is 0 Å². The van der Waals surface area contributed by atoms with Crippen molar-refractivity contribution in [2.75, 3.05) is 0 Å². The van der Waals surface area contributed by atoms with Gasteiger partial charge in [-0.05, 0) is 12.1 Å². The van der Waals surface area contributed by atoms with Crippen LogP contribution in [0.3, 0.4) is 0 Å². The molecule has 0 fully saturated rings. The van der Waals surface area contributed by atoms with Gasteiger partial charge < -0.3 is 4.42 Å². The molecule has 3 aromatic rings. The molecular weight excluding hydrogens is 220 g/mol. The molecule has 3 heterocycles. The molecule has 0 saturated carbocycles. The third-order valence-corrected chi connectivity index (χ3v) is 2.14. The second-order valence-corrected chi connectivity index (χ2v) is 3.20. The number of hydrogen-bond acceptors (Lipinski definition) is 6. The summed E-state index contributed by atoms with van der Waals surface area (Å²) in [4.78, 5) is 12.1. The minimum atomic E-state index is 0.394. The first-order chi connectivity index (χ1) is 8.43. The van der Waals surface area contributed by atoms with Crippen LogP contribution >= 0.6 is 0 Å². The van der Waals surface area contributed by atoms with Crippen molar-refractivity contribution in [3.05, 3.63) is 43.7 Å². The van der Waals surface area contributed by atoms with E-state index in [-0.39, 0.29) is 0 Å². The average Bonchev–Trinajstić information content (AvgIpc) is 2.94. The first kappa shape index (κ1) is 9.52. The van der Waals surface area contributed by atoms with Gasteiger partial charge in [-0.25, -0.2) is 9.55 Å². The maximum absolute atomic E-state index is 5.05. The van der Waals surface area contributed by atoms with Gasteiger partial charge in [0.15, 0.2) is 0 Å². The summed E-state index contributed by atoms with van der Waals surface area (Å²) in [6.45, 7) is 0. The molecule has 0 aliphatic carbocycles. The molecule has 0 atom stereocenters. The Labute approximate surface area is 95.8 Å². The zero-order chi connectivity index (χ0) is 11.5. The molecule has 17 heavy (non-hydrogen) atoms. The first-order valence-corrected chi connectivity index (χ1v) is 4.83. The predicted octanol–water partition coefficient (Wildman–Crippen LogP) is 0.198. The van der Waals surface area contributed by atoms with Crippen LogP contribution < -0.4 is 4.57 Å². The lowest BCUT2D eigenvalue weighted by molar-refractivity contribution is -0.603. The Balaban J connectivity index is 1.96. The average molecular weight is 227 g/mol. The Kier molecular flexibility index (Phi) is 2.27. The molecule has 0 amide bonds. The van der Waals surface area contributed by atoms with Crippen molar-refractivity contribution in [1.82, 2.24) is 25.1 Å². The Morgan fingerprint density at radius 2 is 2.00 bits per heavy atom. The van der Waals surface area contributed by atoms with Crippen molar-refractivity contribution < 1.29 is 8.98 Å². The third kappa shape index (κ3) is 1.85. The monoisotopic (exact) mass is 227 g/mol. The van der Waals surface area contributed by atoms with Crippen molar-refractivity contribution in [3.8, 4) is 17.3 Å². The number of nitrogens with zero attached hydrogens (tertiary/aromatic N) is 6. The fourth-order valence-corrected chi connectivity index (χ4v) is 1.35. The van der Waals surface area contributed by atoms with Gasteiger partial charge in [-0.3, -0.25) is 0 Å². The Morgan fingerprint density at radius 1 is 1.12 bits per heavy atom. The van der Waals surface area contributed by atoms with Gasteiger partial charge >= 0.3 is 0 Å². The molecule has 0 aliphatic rings. The summed E-state index contributed by atoms with van der Waals surface area (Å²) in [5, 5.41) is 7.38. The molecule has 7 heteroatoms. The summed E-state index contributed by atoms with van der Waals surface area (Å²) in [6.07, 6.45) is 7.72. The Bertz CT molecular complexity index is 593. The van der Waals surface area contributed by atoms with E-state index in [1.165, 1.54) is 12.7 Å². The van der Waals surface area contributed by atoms with E-state index in [1.54, 1.807) is 29.5 Å². The van der Waals surface area contributed by atoms with E-state index in [0.29, 0.717) is 11.6 Å². The van der Waals surface area contributed by atoms with Crippen molar-refractivity contribution in [2.45, 2.75) is 0 Å². The molecule has 0 radical (unpaired) electrons. The molecular formula is C10H7N6O+. The largest absolute Gasteiger partial charge is 0.422 e. The molecule has 0 aromatic carbocycles. The van der Waals surface area contributed by atoms with Crippen LogP contribution in [0.5, 0.6) is 0 Å². The van der Waals surface area contributed by atoms with E-state index in [1.807, 2.05) is 6.07 Å². The Hall–Kier alpha value is -2.70. The van der Waals surface area contributed by atoms with Crippen LogP contribution in [0.1, 0.15) is 0 Å². The smallest absolute Gasteiger partial charge is 0.266 e. The molecule has 0 unspecified atom stereocenters. The van der Waals surface area contributed by atoms with E-state index in [9.17, 15) is 0 Å². The first-order valence-electron chi connectivity index (χ1n) is 4.83. The fraction of sp³-hybridized carbons (Fsp3) is 0. The van der Waals surface area contributed by atoms with Crippen molar-refractivity contribution in [3.63, 3.8) is 0 Å². The number of rotatable bonds is 2. The van der Waals surface area contributed by atoms with Crippen LogP contribution in [0.2, 0.25) is 0 Å². The number of aromatic nitrogens is 6. The standard InChI is InChI=1S/C10H7N6O/c1-2-9(10-15-14-7-17-10)13-3-8(1)16-5-11-4-12-6-16/h1-7H/q+1. The van der Waals surface area contributed by atoms with Gasteiger partial charge in [0.2, 0.25) is 19.0 Å². The normalized spacial score (nSPS) is 10.4. The number of hydrogen-bond donors (Lipinski definition) is 0. The summed E-state index contributed by atoms with van der Waals surface area (Å²) < 4.78 is 6.80. The maximum atomic E-state index is 5.05. The van der Waals surface area contributed by atoms with Gasteiger partial charge in [0.25, 0.3) is 12.2 Å². The zero-order valence-electron chi connectivity index (χ0n) is 8.63. The minimum Gasteiger partial charge on any atom is -0.422 e. The van der Waals surface area contributed by atoms with E-state index in [4.69, 9.17) is 4.42 Å². The van der Waals surface area contributed by atoms with E-state index >= 15 is 0 Å². The Morgan fingerprint density at radius 3 is 2.65 bits per heavy atom. The molecule has 7 nitrogen and oxygen atoms in total. The molecule has 0 spiro atoms. The summed E-state index contributed by atoms with van der Waals surface area (Å²) >= 11 is 0. The highest BCUT2D eigenvalue weighted by Gasteiger charge is 2.06. The number of pyridine rings is 1. The van der Waals surface area contributed by atoms with Gasteiger partial charge in [-0.2, -0.15) is 0 Å². The lowest BCUT2D eigenvalue weighted by Gasteiger charge is -1.98. The summed E-state index contributed by atoms with van der Waals surface area (Å²) in [7, 11) is 0. The topological polar surface area (TPSA) is 81.5 Å². The SMILES string of the molecule is c1nc[n+](-c2ccc(-c3nnco3)nc2)cn1. The van der Waals surface area contributed by atoms with Gasteiger partial charge in [0, 0.05) is 0 Å². The van der Waals surface area contributed by atoms with E-state index < -0.39 is 0 Å². The van der Waals surface area contributed by atoms with Crippen LogP contribution in [0.15, 0.2) is 48.1 Å². The highest BCUT2D eigenvalue weighted by atomic mass is 16.4. The summed E-state index contributed by atoms with van der Waals surface area (Å²) in [5.41, 5.74) is 1.48. The van der Waals surface area contributed by atoms with Crippen LogP contribution in [-0.4, -0.2) is 25.1 Å². The van der Waals surface area contributed by atoms with Crippen molar-refractivity contribution >= 4 is 0 Å². The van der Waals surface area contributed by atoms with Gasteiger partial charge in [0.05, 0.1) is 6.20 Å². The summed E-state index contributed by atoms with van der Waals surface area (Å²) in [6, 6.07) is 3.67. The van der Waals surface area contributed by atoms with Crippen LogP contribution in [-0.2, 0) is 0 Å². The second-order valence-electron chi connectivity index (χ2n) is 3.20.